The third kappa shape index (κ3) is 8.33. The fourth-order valence-electron chi connectivity index (χ4n) is 6.72. The maximum Gasteiger partial charge on any atom is 2.00 e. The van der Waals surface area contributed by atoms with Crippen molar-refractivity contribution >= 4 is 59.0 Å². The van der Waals surface area contributed by atoms with E-state index in [1.54, 1.807) is 0 Å². The van der Waals surface area contributed by atoms with E-state index >= 15 is 0 Å². The quantitative estimate of drug-likeness (QED) is 0.0987. The number of rotatable bonds is 10. The minimum atomic E-state index is -1.23. The molecule has 0 spiro atoms. The Labute approximate surface area is 302 Å². The Balaban J connectivity index is 0.00000225. The fraction of sp³-hybridized carbons (Fsp3) is 0.163. The zero-order chi connectivity index (χ0) is 31.0. The second kappa shape index (κ2) is 17.7. The monoisotopic (exact) mass is 752 g/mol. The summed E-state index contributed by atoms with van der Waals surface area (Å²) in [6, 6.07) is 62.1. The van der Waals surface area contributed by atoms with Crippen LogP contribution in [-0.2, 0) is 19.5 Å². The molecule has 0 radical (unpaired) electrons. The molecular weight excluding hydrogens is 708 g/mol. The Morgan fingerprint density at radius 3 is 0.958 bits per heavy atom. The minimum absolute atomic E-state index is 0. The molecule has 2 unspecified atom stereocenters. The second-order valence-electron chi connectivity index (χ2n) is 11.9. The summed E-state index contributed by atoms with van der Waals surface area (Å²) in [7, 11) is -2.46. The third-order valence-corrected chi connectivity index (χ3v) is 14.5. The molecule has 1 fully saturated rings. The molecule has 0 amide bonds. The summed E-state index contributed by atoms with van der Waals surface area (Å²) >= 11 is 0. The van der Waals surface area contributed by atoms with Gasteiger partial charge in [-0.05, 0) is 60.7 Å². The molecule has 0 saturated heterocycles. The van der Waals surface area contributed by atoms with E-state index in [-0.39, 0.29) is 39.0 Å². The normalized spacial score (nSPS) is 15.6. The van der Waals surface area contributed by atoms with Crippen LogP contribution in [0.3, 0.4) is 0 Å². The maximum absolute atomic E-state index is 5.60. The Morgan fingerprint density at radius 2 is 0.646 bits per heavy atom. The van der Waals surface area contributed by atoms with Crippen LogP contribution < -0.4 is 31.8 Å². The summed E-state index contributed by atoms with van der Waals surface area (Å²) in [6.07, 6.45) is 4.53. The smallest absolute Gasteiger partial charge is 0.679 e. The Morgan fingerprint density at radius 1 is 0.375 bits per heavy atom. The van der Waals surface area contributed by atoms with Crippen molar-refractivity contribution in [3.8, 4) is 0 Å². The standard InChI is InChI=1S/C42H38N2P2.CH4.Ru/c1-5-19-33(20-6-1)45(34-21-7-2-8-22-34)41-31-17-15-29-39(41)43-37-27-13-14-28-38(37)44-40-30-16-18-32-42(40)46(35-23-9-3-10-24-35)36-25-11-4-12-26-36;;/h1-12,15-26,29-32,37-38H,13-14,27-28H2;1H4;/q-2;;+2/p+2. The van der Waals surface area contributed by atoms with Gasteiger partial charge in [0.2, 0.25) is 0 Å². The first-order chi connectivity index (χ1) is 22.8. The molecule has 0 N–H and O–H groups in total. The molecule has 7 rings (SSSR count). The van der Waals surface area contributed by atoms with E-state index in [2.05, 4.69) is 170 Å². The molecule has 5 heteroatoms. The maximum atomic E-state index is 5.60. The molecular formula is C43H44N2P2Ru+2. The molecule has 0 bridgehead atoms. The molecule has 1 aliphatic carbocycles. The molecule has 1 aliphatic rings. The van der Waals surface area contributed by atoms with Gasteiger partial charge in [0.25, 0.3) is 0 Å². The van der Waals surface area contributed by atoms with Crippen molar-refractivity contribution in [3.63, 3.8) is 0 Å². The second-order valence-corrected chi connectivity index (χ2v) is 16.8. The molecule has 0 aliphatic heterocycles. The molecule has 0 heterocycles. The van der Waals surface area contributed by atoms with Crippen LogP contribution in [-0.4, -0.2) is 12.1 Å². The Kier molecular flexibility index (Phi) is 13.2. The van der Waals surface area contributed by atoms with E-state index in [4.69, 9.17) is 10.6 Å². The van der Waals surface area contributed by atoms with Crippen molar-refractivity contribution < 1.29 is 19.5 Å². The van der Waals surface area contributed by atoms with E-state index < -0.39 is 15.8 Å². The summed E-state index contributed by atoms with van der Waals surface area (Å²) in [5.41, 5.74) is 2.26. The van der Waals surface area contributed by atoms with Gasteiger partial charge in [-0.2, -0.15) is 0 Å². The van der Waals surface area contributed by atoms with Crippen molar-refractivity contribution in [1.29, 1.82) is 0 Å². The minimum Gasteiger partial charge on any atom is -0.679 e. The Hall–Kier alpha value is -3.60. The van der Waals surface area contributed by atoms with Gasteiger partial charge < -0.3 is 10.6 Å². The van der Waals surface area contributed by atoms with Crippen LogP contribution in [0.25, 0.3) is 10.6 Å². The van der Waals surface area contributed by atoms with Crippen LogP contribution in [0.5, 0.6) is 0 Å². The van der Waals surface area contributed by atoms with E-state index in [0.717, 1.165) is 24.2 Å². The first-order valence-corrected chi connectivity index (χ1v) is 19.4. The van der Waals surface area contributed by atoms with Gasteiger partial charge in [-0.1, -0.05) is 154 Å². The van der Waals surface area contributed by atoms with Gasteiger partial charge in [0.1, 0.15) is 21.2 Å². The van der Waals surface area contributed by atoms with Crippen LogP contribution in [0, 0.1) is 0 Å². The first kappa shape index (κ1) is 35.7. The van der Waals surface area contributed by atoms with Gasteiger partial charge in [-0.3, -0.25) is 0 Å². The van der Waals surface area contributed by atoms with Crippen LogP contribution in [0.2, 0.25) is 0 Å². The molecule has 2 nitrogen and oxygen atoms in total. The van der Waals surface area contributed by atoms with Crippen molar-refractivity contribution in [3.05, 3.63) is 180 Å². The number of nitrogens with zero attached hydrogens (tertiary/aromatic N) is 2. The van der Waals surface area contributed by atoms with Crippen LogP contribution in [0.15, 0.2) is 170 Å². The summed E-state index contributed by atoms with van der Waals surface area (Å²) in [4.78, 5) is 0. The van der Waals surface area contributed by atoms with E-state index in [0.29, 0.717) is 0 Å². The molecule has 6 aromatic rings. The zero-order valence-corrected chi connectivity index (χ0v) is 30.1. The third-order valence-electron chi connectivity index (χ3n) is 8.90. The average molecular weight is 752 g/mol. The predicted molar refractivity (Wildman–Crippen MR) is 212 cm³/mol. The van der Waals surface area contributed by atoms with Gasteiger partial charge >= 0.3 is 19.5 Å². The van der Waals surface area contributed by atoms with Gasteiger partial charge in [-0.15, -0.1) is 12.1 Å². The predicted octanol–water partition coefficient (Wildman–Crippen LogP) is 9.32. The zero-order valence-electron chi connectivity index (χ0n) is 26.4. The van der Waals surface area contributed by atoms with E-state index in [1.165, 1.54) is 44.7 Å². The van der Waals surface area contributed by atoms with Crippen LogP contribution in [0.4, 0.5) is 11.4 Å². The van der Waals surface area contributed by atoms with Gasteiger partial charge in [0.05, 0.1) is 26.5 Å². The number of benzene rings is 6. The molecule has 2 atom stereocenters. The Bertz CT molecular complexity index is 1600. The molecule has 6 aromatic carbocycles. The summed E-state index contributed by atoms with van der Waals surface area (Å²) in [5.74, 6) is 0. The molecule has 242 valence electrons. The van der Waals surface area contributed by atoms with Gasteiger partial charge in [0.15, 0.2) is 0 Å². The number of hydrogen-bond donors (Lipinski definition) is 0. The topological polar surface area (TPSA) is 28.2 Å². The van der Waals surface area contributed by atoms with E-state index in [9.17, 15) is 0 Å². The molecule has 1 saturated carbocycles. The SMILES string of the molecule is C.[Ru+2].c1ccc([PH+](c2ccccc2)c2ccccc2[N-]C2CCCCC2[N-]c2ccccc2[PH+](c2ccccc2)c2ccccc2)cc1. The molecule has 48 heavy (non-hydrogen) atoms. The summed E-state index contributed by atoms with van der Waals surface area (Å²) < 4.78 is 0. The first-order valence-electron chi connectivity index (χ1n) is 16.4. The van der Waals surface area contributed by atoms with Crippen molar-refractivity contribution in [2.45, 2.75) is 45.2 Å². The van der Waals surface area contributed by atoms with Gasteiger partial charge in [0, 0.05) is 0 Å². The summed E-state index contributed by atoms with van der Waals surface area (Å²) in [5, 5.41) is 19.4. The largest absolute Gasteiger partial charge is 2.00 e. The summed E-state index contributed by atoms with van der Waals surface area (Å²) in [6.45, 7) is 0. The number of para-hydroxylation sites is 2. The van der Waals surface area contributed by atoms with Gasteiger partial charge in [-0.25, -0.2) is 0 Å². The number of hydrogen-bond acceptors (Lipinski definition) is 0. The van der Waals surface area contributed by atoms with Crippen LogP contribution >= 0.6 is 15.8 Å². The van der Waals surface area contributed by atoms with Crippen LogP contribution in [0.1, 0.15) is 33.1 Å². The van der Waals surface area contributed by atoms with Crippen molar-refractivity contribution in [1.82, 2.24) is 0 Å². The molecule has 0 aromatic heterocycles. The van der Waals surface area contributed by atoms with Crippen molar-refractivity contribution in [2.75, 3.05) is 0 Å². The average Bonchev–Trinajstić information content (AvgIpc) is 3.13. The van der Waals surface area contributed by atoms with Crippen molar-refractivity contribution in [2.24, 2.45) is 0 Å². The van der Waals surface area contributed by atoms with E-state index in [1.807, 2.05) is 0 Å². The fourth-order valence-corrected chi connectivity index (χ4v) is 12.1.